The average Bonchev–Trinajstić information content (AvgIpc) is 2.79. The molecule has 0 N–H and O–H groups in total. The second-order valence-corrected chi connectivity index (χ2v) is 4.58. The molecule has 0 unspecified atom stereocenters. The van der Waals surface area contributed by atoms with Gasteiger partial charge in [0.05, 0.1) is 6.26 Å². The number of rotatable bonds is 3. The van der Waals surface area contributed by atoms with Gasteiger partial charge in [0, 0.05) is 16.0 Å². The van der Waals surface area contributed by atoms with Gasteiger partial charge in [0.25, 0.3) is 0 Å². The molecule has 3 aromatic rings. The molecule has 0 atom stereocenters. The molecular formula is C15H10ClFO2. The molecular weight excluding hydrogens is 267 g/mol. The first-order chi connectivity index (χ1) is 9.22. The Bertz CT molecular complexity index is 721. The van der Waals surface area contributed by atoms with Crippen molar-refractivity contribution >= 4 is 22.6 Å². The van der Waals surface area contributed by atoms with Crippen LogP contribution in [0.3, 0.4) is 0 Å². The Hall–Kier alpha value is -2.00. The molecule has 0 saturated heterocycles. The topological polar surface area (TPSA) is 22.4 Å². The summed E-state index contributed by atoms with van der Waals surface area (Å²) in [6.07, 6.45) is 1.58. The molecule has 0 spiro atoms. The van der Waals surface area contributed by atoms with Gasteiger partial charge < -0.3 is 9.15 Å². The first-order valence-electron chi connectivity index (χ1n) is 5.76. The molecule has 1 aromatic heterocycles. The maximum atomic E-state index is 13.2. The van der Waals surface area contributed by atoms with Crippen LogP contribution in [-0.4, -0.2) is 0 Å². The normalized spacial score (nSPS) is 10.8. The van der Waals surface area contributed by atoms with Crippen molar-refractivity contribution < 1.29 is 13.5 Å². The van der Waals surface area contributed by atoms with Gasteiger partial charge in [-0.15, -0.1) is 0 Å². The maximum absolute atomic E-state index is 13.2. The Morgan fingerprint density at radius 2 is 2.05 bits per heavy atom. The van der Waals surface area contributed by atoms with Gasteiger partial charge in [-0.2, -0.15) is 0 Å². The quantitative estimate of drug-likeness (QED) is 0.685. The zero-order valence-electron chi connectivity index (χ0n) is 9.90. The first kappa shape index (κ1) is 12.1. The van der Waals surface area contributed by atoms with Crippen molar-refractivity contribution in [1.29, 1.82) is 0 Å². The van der Waals surface area contributed by atoms with Crippen LogP contribution in [0.4, 0.5) is 4.39 Å². The van der Waals surface area contributed by atoms with Crippen LogP contribution in [0, 0.1) is 5.82 Å². The molecule has 0 aliphatic carbocycles. The van der Waals surface area contributed by atoms with Crippen molar-refractivity contribution in [1.82, 2.24) is 0 Å². The highest BCUT2D eigenvalue weighted by Crippen LogP contribution is 2.24. The predicted molar refractivity (Wildman–Crippen MR) is 72.0 cm³/mol. The van der Waals surface area contributed by atoms with Crippen LogP contribution in [0.5, 0.6) is 5.75 Å². The Kier molecular flexibility index (Phi) is 3.13. The number of hydrogen-bond acceptors (Lipinski definition) is 2. The number of halogens is 2. The van der Waals surface area contributed by atoms with E-state index < -0.39 is 0 Å². The summed E-state index contributed by atoms with van der Waals surface area (Å²) in [5.41, 5.74) is 1.44. The summed E-state index contributed by atoms with van der Waals surface area (Å²) >= 11 is 5.87. The Balaban J connectivity index is 1.84. The molecule has 0 amide bonds. The van der Waals surface area contributed by atoms with Crippen LogP contribution in [0.2, 0.25) is 5.02 Å². The Morgan fingerprint density at radius 3 is 2.89 bits per heavy atom. The van der Waals surface area contributed by atoms with E-state index in [9.17, 15) is 4.39 Å². The van der Waals surface area contributed by atoms with Gasteiger partial charge in [-0.25, -0.2) is 4.39 Å². The number of furan rings is 1. The Morgan fingerprint density at radius 1 is 1.16 bits per heavy atom. The standard InChI is InChI=1S/C15H10ClFO2/c16-11-2-1-3-13(6-11)18-8-10-9-19-15-5-4-12(17)7-14(10)15/h1-7,9H,8H2. The summed E-state index contributed by atoms with van der Waals surface area (Å²) < 4.78 is 24.2. The van der Waals surface area contributed by atoms with Gasteiger partial charge in [-0.1, -0.05) is 17.7 Å². The molecule has 96 valence electrons. The molecule has 0 fully saturated rings. The van der Waals surface area contributed by atoms with Crippen molar-refractivity contribution in [3.05, 3.63) is 65.1 Å². The summed E-state index contributed by atoms with van der Waals surface area (Å²) in [5, 5.41) is 1.34. The van der Waals surface area contributed by atoms with Gasteiger partial charge in [0.1, 0.15) is 23.8 Å². The van der Waals surface area contributed by atoms with E-state index in [-0.39, 0.29) is 5.82 Å². The molecule has 19 heavy (non-hydrogen) atoms. The van der Waals surface area contributed by atoms with E-state index in [1.165, 1.54) is 12.1 Å². The third-order valence-corrected chi connectivity index (χ3v) is 3.04. The van der Waals surface area contributed by atoms with Crippen molar-refractivity contribution in [2.75, 3.05) is 0 Å². The van der Waals surface area contributed by atoms with E-state index in [0.717, 1.165) is 10.9 Å². The molecule has 0 bridgehead atoms. The van der Waals surface area contributed by atoms with E-state index in [2.05, 4.69) is 0 Å². The molecule has 1 heterocycles. The number of fused-ring (bicyclic) bond motifs is 1. The van der Waals surface area contributed by atoms with Crippen molar-refractivity contribution in [3.63, 3.8) is 0 Å². The van der Waals surface area contributed by atoms with Gasteiger partial charge >= 0.3 is 0 Å². The van der Waals surface area contributed by atoms with E-state index in [4.69, 9.17) is 20.8 Å². The molecule has 2 aromatic carbocycles. The third-order valence-electron chi connectivity index (χ3n) is 2.81. The van der Waals surface area contributed by atoms with E-state index in [1.54, 1.807) is 24.5 Å². The Labute approximate surface area is 114 Å². The SMILES string of the molecule is Fc1ccc2occ(COc3cccc(Cl)c3)c2c1. The summed E-state index contributed by atoms with van der Waals surface area (Å²) in [6, 6.07) is 11.5. The fourth-order valence-electron chi connectivity index (χ4n) is 1.88. The number of ether oxygens (including phenoxy) is 1. The smallest absolute Gasteiger partial charge is 0.134 e. The van der Waals surface area contributed by atoms with Gasteiger partial charge in [0.2, 0.25) is 0 Å². The van der Waals surface area contributed by atoms with Crippen LogP contribution in [0.25, 0.3) is 11.0 Å². The van der Waals surface area contributed by atoms with Gasteiger partial charge in [0.15, 0.2) is 0 Å². The first-order valence-corrected chi connectivity index (χ1v) is 6.14. The van der Waals surface area contributed by atoms with Gasteiger partial charge in [-0.05, 0) is 36.4 Å². The van der Waals surface area contributed by atoms with E-state index >= 15 is 0 Å². The zero-order valence-corrected chi connectivity index (χ0v) is 10.7. The second kappa shape index (κ2) is 4.94. The van der Waals surface area contributed by atoms with Crippen LogP contribution in [0.1, 0.15) is 5.56 Å². The minimum atomic E-state index is -0.294. The maximum Gasteiger partial charge on any atom is 0.134 e. The lowest BCUT2D eigenvalue weighted by molar-refractivity contribution is 0.306. The van der Waals surface area contributed by atoms with E-state index in [0.29, 0.717) is 23.0 Å². The second-order valence-electron chi connectivity index (χ2n) is 4.15. The molecule has 0 aliphatic heterocycles. The minimum Gasteiger partial charge on any atom is -0.489 e. The summed E-state index contributed by atoms with van der Waals surface area (Å²) in [5.74, 6) is 0.371. The van der Waals surface area contributed by atoms with E-state index in [1.807, 2.05) is 12.1 Å². The van der Waals surface area contributed by atoms with Crippen LogP contribution >= 0.6 is 11.6 Å². The third kappa shape index (κ3) is 2.56. The van der Waals surface area contributed by atoms with Crippen molar-refractivity contribution in [2.24, 2.45) is 0 Å². The summed E-state index contributed by atoms with van der Waals surface area (Å²) in [4.78, 5) is 0. The molecule has 0 aliphatic rings. The largest absolute Gasteiger partial charge is 0.489 e. The lowest BCUT2D eigenvalue weighted by Gasteiger charge is -2.05. The van der Waals surface area contributed by atoms with Crippen LogP contribution < -0.4 is 4.74 Å². The molecule has 3 rings (SSSR count). The lowest BCUT2D eigenvalue weighted by Crippen LogP contribution is -1.94. The van der Waals surface area contributed by atoms with Crippen LogP contribution in [-0.2, 0) is 6.61 Å². The predicted octanol–water partition coefficient (Wildman–Crippen LogP) is 4.80. The van der Waals surface area contributed by atoms with Crippen LogP contribution in [0.15, 0.2) is 53.1 Å². The highest BCUT2D eigenvalue weighted by molar-refractivity contribution is 6.30. The fourth-order valence-corrected chi connectivity index (χ4v) is 2.06. The molecule has 2 nitrogen and oxygen atoms in total. The fraction of sp³-hybridized carbons (Fsp3) is 0.0667. The number of hydrogen-bond donors (Lipinski definition) is 0. The monoisotopic (exact) mass is 276 g/mol. The van der Waals surface area contributed by atoms with Crippen molar-refractivity contribution in [3.8, 4) is 5.75 Å². The van der Waals surface area contributed by atoms with Crippen molar-refractivity contribution in [2.45, 2.75) is 6.61 Å². The highest BCUT2D eigenvalue weighted by atomic mass is 35.5. The van der Waals surface area contributed by atoms with Gasteiger partial charge in [-0.3, -0.25) is 0 Å². The lowest BCUT2D eigenvalue weighted by atomic mass is 10.2. The number of benzene rings is 2. The average molecular weight is 277 g/mol. The summed E-state index contributed by atoms with van der Waals surface area (Å²) in [6.45, 7) is 0.302. The molecule has 4 heteroatoms. The molecule has 0 radical (unpaired) electrons. The minimum absolute atomic E-state index is 0.294. The molecule has 0 saturated carbocycles. The zero-order chi connectivity index (χ0) is 13.2. The summed E-state index contributed by atoms with van der Waals surface area (Å²) in [7, 11) is 0. The highest BCUT2D eigenvalue weighted by Gasteiger charge is 2.07.